The fraction of sp³-hybridized carbons (Fsp3) is 0.750. The van der Waals surface area contributed by atoms with Crippen molar-refractivity contribution in [1.82, 2.24) is 10.2 Å². The Kier molecular flexibility index (Phi) is 5.37. The van der Waals surface area contributed by atoms with E-state index in [2.05, 4.69) is 34.5 Å². The zero-order chi connectivity index (χ0) is 20.8. The minimum Gasteiger partial charge on any atom is -0.349 e. The van der Waals surface area contributed by atoms with Crippen LogP contribution in [0.2, 0.25) is 0 Å². The highest BCUT2D eigenvalue weighted by molar-refractivity contribution is 5.81. The summed E-state index contributed by atoms with van der Waals surface area (Å²) >= 11 is 0. The van der Waals surface area contributed by atoms with Gasteiger partial charge in [0.1, 0.15) is 0 Å². The van der Waals surface area contributed by atoms with E-state index in [9.17, 15) is 4.79 Å². The van der Waals surface area contributed by atoms with Crippen molar-refractivity contribution in [2.75, 3.05) is 13.1 Å². The molecule has 3 saturated carbocycles. The van der Waals surface area contributed by atoms with Crippen LogP contribution in [0.15, 0.2) is 24.3 Å². The van der Waals surface area contributed by atoms with E-state index in [4.69, 9.17) is 0 Å². The Hall–Kier alpha value is -1.35. The van der Waals surface area contributed by atoms with Gasteiger partial charge in [-0.1, -0.05) is 37.1 Å². The molecule has 2 unspecified atom stereocenters. The standard InChI is InChI=1S/C28H40N2O.5H2/c31-27(22-9-10-22)29-26-13-14-28(25-4-2-1-3-24(25)26)15-17-30(18-16-28)23-11-7-20-5-6-21(19-20)8-12-23;;;;;/h1-4,20-23,26H,5-19H2,(H,29,31);5*1H/t20?,21?,23?,26-;;;;;/m0...../s1. The summed E-state index contributed by atoms with van der Waals surface area (Å²) in [4.78, 5) is 15.3. The molecule has 1 aromatic rings. The molecule has 1 saturated heterocycles. The van der Waals surface area contributed by atoms with E-state index in [1.807, 2.05) is 0 Å². The van der Waals surface area contributed by atoms with Crippen molar-refractivity contribution in [2.24, 2.45) is 17.8 Å². The van der Waals surface area contributed by atoms with Crippen molar-refractivity contribution in [2.45, 2.75) is 101 Å². The molecular weight excluding hydrogens is 380 g/mol. The predicted molar refractivity (Wildman–Crippen MR) is 135 cm³/mol. The topological polar surface area (TPSA) is 32.3 Å². The van der Waals surface area contributed by atoms with Crippen molar-refractivity contribution in [3.05, 3.63) is 35.4 Å². The number of rotatable bonds is 3. The number of fused-ring (bicyclic) bond motifs is 4. The molecule has 2 bridgehead atoms. The summed E-state index contributed by atoms with van der Waals surface area (Å²) in [6.07, 6.45) is 17.5. The molecule has 3 nitrogen and oxygen atoms in total. The maximum atomic E-state index is 12.5. The first-order valence-corrected chi connectivity index (χ1v) is 13.3. The molecule has 1 spiro atoms. The fourth-order valence-electron chi connectivity index (χ4n) is 7.68. The minimum absolute atomic E-state index is 0. The molecule has 0 aromatic heterocycles. The molecule has 0 radical (unpaired) electrons. The number of likely N-dealkylation sites (tertiary alicyclic amines) is 1. The van der Waals surface area contributed by atoms with Gasteiger partial charge in [-0.25, -0.2) is 0 Å². The largest absolute Gasteiger partial charge is 0.349 e. The quantitative estimate of drug-likeness (QED) is 0.561. The lowest BCUT2D eigenvalue weighted by Gasteiger charge is -2.49. The van der Waals surface area contributed by atoms with Crippen LogP contribution >= 0.6 is 0 Å². The molecule has 3 heteroatoms. The van der Waals surface area contributed by atoms with Crippen molar-refractivity contribution >= 4 is 5.91 Å². The van der Waals surface area contributed by atoms with Crippen LogP contribution in [0.5, 0.6) is 0 Å². The van der Waals surface area contributed by atoms with Crippen LogP contribution in [0.1, 0.15) is 108 Å². The van der Waals surface area contributed by atoms with Crippen LogP contribution < -0.4 is 5.32 Å². The van der Waals surface area contributed by atoms with E-state index in [0.717, 1.165) is 37.1 Å². The van der Waals surface area contributed by atoms with Crippen molar-refractivity contribution in [3.63, 3.8) is 0 Å². The lowest BCUT2D eigenvalue weighted by atomic mass is 9.63. The molecule has 1 aliphatic heterocycles. The van der Waals surface area contributed by atoms with Crippen LogP contribution in [-0.4, -0.2) is 29.9 Å². The highest BCUT2D eigenvalue weighted by Crippen LogP contribution is 2.49. The number of hydrogen-bond donors (Lipinski definition) is 1. The molecule has 178 valence electrons. The molecule has 4 fully saturated rings. The van der Waals surface area contributed by atoms with Gasteiger partial charge in [0.2, 0.25) is 5.91 Å². The molecule has 1 N–H and O–H groups in total. The Morgan fingerprint density at radius 3 is 2.26 bits per heavy atom. The first-order valence-electron chi connectivity index (χ1n) is 13.3. The van der Waals surface area contributed by atoms with Crippen LogP contribution in [0.3, 0.4) is 0 Å². The summed E-state index contributed by atoms with van der Waals surface area (Å²) in [5, 5.41) is 3.40. The Balaban J connectivity index is 0.00000130. The fourth-order valence-corrected chi connectivity index (χ4v) is 7.68. The first kappa shape index (κ1) is 20.3. The molecule has 1 heterocycles. The summed E-state index contributed by atoms with van der Waals surface area (Å²) < 4.78 is 0. The van der Waals surface area contributed by atoms with Gasteiger partial charge < -0.3 is 10.2 Å². The zero-order valence-corrected chi connectivity index (χ0v) is 19.2. The monoisotopic (exact) mass is 430 g/mol. The van der Waals surface area contributed by atoms with E-state index in [1.165, 1.54) is 82.9 Å². The average molecular weight is 431 g/mol. The van der Waals surface area contributed by atoms with Gasteiger partial charge in [-0.2, -0.15) is 0 Å². The number of hydrogen-bond acceptors (Lipinski definition) is 2. The molecule has 31 heavy (non-hydrogen) atoms. The van der Waals surface area contributed by atoms with Crippen molar-refractivity contribution < 1.29 is 11.9 Å². The summed E-state index contributed by atoms with van der Waals surface area (Å²) in [7, 11) is 0. The van der Waals surface area contributed by atoms with E-state index < -0.39 is 0 Å². The normalized spacial score (nSPS) is 35.2. The van der Waals surface area contributed by atoms with Gasteiger partial charge in [-0.05, 0) is 112 Å². The summed E-state index contributed by atoms with van der Waals surface area (Å²) in [5.41, 5.74) is 3.31. The molecule has 3 atom stereocenters. The van der Waals surface area contributed by atoms with Gasteiger partial charge in [-0.15, -0.1) is 0 Å². The molecule has 4 aliphatic carbocycles. The third kappa shape index (κ3) is 3.96. The second-order valence-electron chi connectivity index (χ2n) is 11.6. The molecule has 1 amide bonds. The van der Waals surface area contributed by atoms with Crippen molar-refractivity contribution in [3.8, 4) is 0 Å². The summed E-state index contributed by atoms with van der Waals surface area (Å²) in [6.45, 7) is 2.54. The van der Waals surface area contributed by atoms with Crippen LogP contribution in [0.25, 0.3) is 0 Å². The third-order valence-electron chi connectivity index (χ3n) is 9.82. The van der Waals surface area contributed by atoms with E-state index in [-0.39, 0.29) is 13.2 Å². The Morgan fingerprint density at radius 1 is 0.871 bits per heavy atom. The van der Waals surface area contributed by atoms with E-state index >= 15 is 0 Å². The number of piperidine rings is 1. The van der Waals surface area contributed by atoms with Gasteiger partial charge in [0.05, 0.1) is 6.04 Å². The Bertz CT molecular complexity index is 814. The minimum atomic E-state index is 0. The lowest BCUT2D eigenvalue weighted by Crippen LogP contribution is -2.49. The number of nitrogens with one attached hydrogen (secondary N) is 1. The second-order valence-corrected chi connectivity index (χ2v) is 11.6. The highest BCUT2D eigenvalue weighted by Gasteiger charge is 2.44. The van der Waals surface area contributed by atoms with Gasteiger partial charge in [-0.3, -0.25) is 4.79 Å². The SMILES string of the molecule is O=C(N[C@H]1CCC2(CCN(C3CCC4CCC(CC3)C4)CC2)c2ccccc21)C1CC1.[HH].[HH].[HH].[HH].[HH]. The van der Waals surface area contributed by atoms with Crippen LogP contribution in [0, 0.1) is 17.8 Å². The Labute approximate surface area is 195 Å². The third-order valence-corrected chi connectivity index (χ3v) is 9.82. The predicted octanol–water partition coefficient (Wildman–Crippen LogP) is 6.97. The van der Waals surface area contributed by atoms with Gasteiger partial charge in [0, 0.05) is 19.1 Å². The zero-order valence-electron chi connectivity index (χ0n) is 19.2. The van der Waals surface area contributed by atoms with Crippen LogP contribution in [-0.2, 0) is 10.2 Å². The highest BCUT2D eigenvalue weighted by atomic mass is 16.2. The van der Waals surface area contributed by atoms with E-state index in [1.54, 1.807) is 5.56 Å². The first-order chi connectivity index (χ1) is 15.2. The van der Waals surface area contributed by atoms with E-state index in [0.29, 0.717) is 17.2 Å². The summed E-state index contributed by atoms with van der Waals surface area (Å²) in [5.74, 6) is 2.67. The number of carbonyl (C=O) groups is 1. The molecule has 6 rings (SSSR count). The number of amides is 1. The second kappa shape index (κ2) is 8.21. The molecule has 1 aromatic carbocycles. The van der Waals surface area contributed by atoms with Gasteiger partial charge >= 0.3 is 0 Å². The molecule has 5 aliphatic rings. The van der Waals surface area contributed by atoms with Gasteiger partial charge in [0.25, 0.3) is 0 Å². The Morgan fingerprint density at radius 2 is 1.55 bits per heavy atom. The maximum Gasteiger partial charge on any atom is 0.223 e. The number of benzene rings is 1. The van der Waals surface area contributed by atoms with Gasteiger partial charge in [0.15, 0.2) is 0 Å². The number of nitrogens with zero attached hydrogens (tertiary/aromatic N) is 1. The maximum absolute atomic E-state index is 12.5. The van der Waals surface area contributed by atoms with Crippen molar-refractivity contribution in [1.29, 1.82) is 0 Å². The summed E-state index contributed by atoms with van der Waals surface area (Å²) in [6, 6.07) is 10.1. The smallest absolute Gasteiger partial charge is 0.223 e. The molecular formula is C28H50N2O. The van der Waals surface area contributed by atoms with Crippen LogP contribution in [0.4, 0.5) is 0 Å². The average Bonchev–Trinajstić information content (AvgIpc) is 3.53. The lowest BCUT2D eigenvalue weighted by molar-refractivity contribution is -0.123. The number of carbonyl (C=O) groups excluding carboxylic acids is 1.